The van der Waals surface area contributed by atoms with E-state index in [1.54, 1.807) is 33.5 Å². The summed E-state index contributed by atoms with van der Waals surface area (Å²) in [5, 5.41) is 8.30. The van der Waals surface area contributed by atoms with Gasteiger partial charge in [0, 0.05) is 30.9 Å². The zero-order chi connectivity index (χ0) is 18.7. The van der Waals surface area contributed by atoms with E-state index in [1.807, 2.05) is 43.3 Å². The monoisotopic (exact) mass is 355 g/mol. The molecule has 0 spiro atoms. The van der Waals surface area contributed by atoms with Crippen molar-refractivity contribution < 1.29 is 18.6 Å². The maximum Gasteiger partial charge on any atom is 0.248 e. The highest BCUT2D eigenvalue weighted by Crippen LogP contribution is 2.41. The molecule has 0 aliphatic heterocycles. The van der Waals surface area contributed by atoms with Crippen LogP contribution < -0.4 is 19.1 Å². The van der Waals surface area contributed by atoms with Crippen molar-refractivity contribution in [2.75, 3.05) is 40.3 Å². The summed E-state index contributed by atoms with van der Waals surface area (Å²) in [6.07, 6.45) is 0. The standard InChI is InChI=1S/C19H21N3O4/c1-22(2)14-8-6-12(7-9-14)18-20-21-19(26-18)13-10-15(23-3)17(25-5)16(11-13)24-4/h6-11H,1-5H3. The molecule has 0 N–H and O–H groups in total. The van der Waals surface area contributed by atoms with Crippen molar-refractivity contribution in [2.45, 2.75) is 0 Å². The maximum atomic E-state index is 5.84. The molecule has 0 unspecified atom stereocenters. The second kappa shape index (κ2) is 7.35. The molecule has 136 valence electrons. The van der Waals surface area contributed by atoms with E-state index in [0.717, 1.165) is 11.3 Å². The Hall–Kier alpha value is -3.22. The van der Waals surface area contributed by atoms with E-state index in [9.17, 15) is 0 Å². The molecular weight excluding hydrogens is 334 g/mol. The topological polar surface area (TPSA) is 69.9 Å². The van der Waals surface area contributed by atoms with Gasteiger partial charge in [0.15, 0.2) is 11.5 Å². The molecule has 0 aliphatic carbocycles. The van der Waals surface area contributed by atoms with Gasteiger partial charge >= 0.3 is 0 Å². The van der Waals surface area contributed by atoms with Crippen LogP contribution in [0.25, 0.3) is 22.9 Å². The molecule has 26 heavy (non-hydrogen) atoms. The Morgan fingerprint density at radius 2 is 1.31 bits per heavy atom. The summed E-state index contributed by atoms with van der Waals surface area (Å²) in [6, 6.07) is 11.4. The number of hydrogen-bond donors (Lipinski definition) is 0. The number of aromatic nitrogens is 2. The van der Waals surface area contributed by atoms with Crippen molar-refractivity contribution in [3.8, 4) is 40.2 Å². The van der Waals surface area contributed by atoms with Crippen molar-refractivity contribution in [1.82, 2.24) is 10.2 Å². The van der Waals surface area contributed by atoms with Crippen LogP contribution in [0.4, 0.5) is 5.69 Å². The lowest BCUT2D eigenvalue weighted by Gasteiger charge is -2.12. The van der Waals surface area contributed by atoms with Crippen LogP contribution in [0.15, 0.2) is 40.8 Å². The number of anilines is 1. The molecule has 1 aromatic heterocycles. The number of methoxy groups -OCH3 is 3. The molecule has 0 fully saturated rings. The van der Waals surface area contributed by atoms with E-state index in [-0.39, 0.29) is 0 Å². The van der Waals surface area contributed by atoms with E-state index in [1.165, 1.54) is 0 Å². The first-order valence-electron chi connectivity index (χ1n) is 7.99. The van der Waals surface area contributed by atoms with Gasteiger partial charge in [-0.15, -0.1) is 10.2 Å². The predicted molar refractivity (Wildman–Crippen MR) is 99.2 cm³/mol. The van der Waals surface area contributed by atoms with Crippen LogP contribution in [-0.4, -0.2) is 45.6 Å². The van der Waals surface area contributed by atoms with Gasteiger partial charge in [-0.2, -0.15) is 0 Å². The molecule has 7 nitrogen and oxygen atoms in total. The fraction of sp³-hybridized carbons (Fsp3) is 0.263. The van der Waals surface area contributed by atoms with Gasteiger partial charge in [-0.25, -0.2) is 0 Å². The van der Waals surface area contributed by atoms with E-state index >= 15 is 0 Å². The second-order valence-electron chi connectivity index (χ2n) is 5.77. The van der Waals surface area contributed by atoms with Crippen LogP contribution in [0.3, 0.4) is 0 Å². The minimum Gasteiger partial charge on any atom is -0.493 e. The Morgan fingerprint density at radius 3 is 1.77 bits per heavy atom. The zero-order valence-corrected chi connectivity index (χ0v) is 15.4. The molecule has 0 bridgehead atoms. The molecular formula is C19H21N3O4. The summed E-state index contributed by atoms with van der Waals surface area (Å²) < 4.78 is 21.9. The first-order valence-corrected chi connectivity index (χ1v) is 7.99. The average Bonchev–Trinajstić information content (AvgIpc) is 3.17. The van der Waals surface area contributed by atoms with Crippen molar-refractivity contribution in [3.63, 3.8) is 0 Å². The smallest absolute Gasteiger partial charge is 0.248 e. The van der Waals surface area contributed by atoms with Gasteiger partial charge in [0.1, 0.15) is 0 Å². The van der Waals surface area contributed by atoms with E-state index in [2.05, 4.69) is 10.2 Å². The molecule has 2 aromatic carbocycles. The molecule has 1 heterocycles. The van der Waals surface area contributed by atoms with Crippen LogP contribution in [-0.2, 0) is 0 Å². The summed E-state index contributed by atoms with van der Waals surface area (Å²) in [5.41, 5.74) is 2.63. The van der Waals surface area contributed by atoms with Crippen LogP contribution in [0.2, 0.25) is 0 Å². The summed E-state index contributed by atoms with van der Waals surface area (Å²) in [4.78, 5) is 2.03. The third-order valence-corrected chi connectivity index (χ3v) is 3.97. The number of ether oxygens (including phenoxy) is 3. The third kappa shape index (κ3) is 3.28. The second-order valence-corrected chi connectivity index (χ2v) is 5.77. The van der Waals surface area contributed by atoms with Gasteiger partial charge in [0.05, 0.1) is 21.3 Å². The Balaban J connectivity index is 1.97. The van der Waals surface area contributed by atoms with E-state index in [4.69, 9.17) is 18.6 Å². The third-order valence-electron chi connectivity index (χ3n) is 3.97. The quantitative estimate of drug-likeness (QED) is 0.670. The Morgan fingerprint density at radius 1 is 0.769 bits per heavy atom. The highest BCUT2D eigenvalue weighted by atomic mass is 16.5. The first kappa shape index (κ1) is 17.6. The fourth-order valence-corrected chi connectivity index (χ4v) is 2.56. The van der Waals surface area contributed by atoms with Crippen molar-refractivity contribution >= 4 is 5.69 Å². The highest BCUT2D eigenvalue weighted by Gasteiger charge is 2.18. The van der Waals surface area contributed by atoms with Crippen LogP contribution >= 0.6 is 0 Å². The van der Waals surface area contributed by atoms with Crippen molar-refractivity contribution in [3.05, 3.63) is 36.4 Å². The Bertz CT molecular complexity index is 863. The van der Waals surface area contributed by atoms with Crippen molar-refractivity contribution in [1.29, 1.82) is 0 Å². The van der Waals surface area contributed by atoms with Crippen LogP contribution in [0.1, 0.15) is 0 Å². The number of nitrogens with zero attached hydrogens (tertiary/aromatic N) is 3. The number of hydrogen-bond acceptors (Lipinski definition) is 7. The molecule has 0 radical (unpaired) electrons. The van der Waals surface area contributed by atoms with Gasteiger partial charge in [-0.05, 0) is 36.4 Å². The molecule has 0 saturated carbocycles. The van der Waals surface area contributed by atoms with Gasteiger partial charge in [0.25, 0.3) is 0 Å². The summed E-state index contributed by atoms with van der Waals surface area (Å²) in [5.74, 6) is 2.38. The largest absolute Gasteiger partial charge is 0.493 e. The first-order chi connectivity index (χ1) is 12.6. The average molecular weight is 355 g/mol. The normalized spacial score (nSPS) is 10.5. The molecule has 3 rings (SSSR count). The lowest BCUT2D eigenvalue weighted by atomic mass is 10.2. The van der Waals surface area contributed by atoms with Gasteiger partial charge in [-0.3, -0.25) is 0 Å². The van der Waals surface area contributed by atoms with Gasteiger partial charge in [-0.1, -0.05) is 0 Å². The number of benzene rings is 2. The SMILES string of the molecule is COc1cc(-c2nnc(-c3ccc(N(C)C)cc3)o2)cc(OC)c1OC. The lowest BCUT2D eigenvalue weighted by Crippen LogP contribution is -2.07. The molecule has 7 heteroatoms. The zero-order valence-electron chi connectivity index (χ0n) is 15.4. The van der Waals surface area contributed by atoms with E-state index < -0.39 is 0 Å². The minimum absolute atomic E-state index is 0.371. The predicted octanol–water partition coefficient (Wildman–Crippen LogP) is 3.50. The Kier molecular flexibility index (Phi) is 4.97. The van der Waals surface area contributed by atoms with Gasteiger partial charge < -0.3 is 23.5 Å². The summed E-state index contributed by atoms with van der Waals surface area (Å²) >= 11 is 0. The maximum absolute atomic E-state index is 5.84. The fourth-order valence-electron chi connectivity index (χ4n) is 2.56. The molecule has 0 atom stereocenters. The molecule has 3 aromatic rings. The molecule has 0 aliphatic rings. The Labute approximate surface area is 152 Å². The van der Waals surface area contributed by atoms with Crippen LogP contribution in [0, 0.1) is 0 Å². The van der Waals surface area contributed by atoms with Gasteiger partial charge in [0.2, 0.25) is 17.5 Å². The van der Waals surface area contributed by atoms with E-state index in [0.29, 0.717) is 34.6 Å². The minimum atomic E-state index is 0.371. The lowest BCUT2D eigenvalue weighted by molar-refractivity contribution is 0.324. The summed E-state index contributed by atoms with van der Waals surface area (Å²) in [7, 11) is 8.66. The molecule has 0 amide bonds. The molecule has 0 saturated heterocycles. The summed E-state index contributed by atoms with van der Waals surface area (Å²) in [6.45, 7) is 0. The number of rotatable bonds is 6. The highest BCUT2D eigenvalue weighted by molar-refractivity contribution is 5.67. The van der Waals surface area contributed by atoms with Crippen LogP contribution in [0.5, 0.6) is 17.2 Å². The van der Waals surface area contributed by atoms with Crippen molar-refractivity contribution in [2.24, 2.45) is 0 Å².